The lowest BCUT2D eigenvalue weighted by molar-refractivity contribution is 0.0996. The lowest BCUT2D eigenvalue weighted by Crippen LogP contribution is -2.26. The van der Waals surface area contributed by atoms with Gasteiger partial charge in [0.15, 0.2) is 11.6 Å². The smallest absolute Gasteiger partial charge is 0.292 e. The second-order valence-corrected chi connectivity index (χ2v) is 5.11. The van der Waals surface area contributed by atoms with Gasteiger partial charge in [-0.05, 0) is 45.0 Å². The quantitative estimate of drug-likeness (QED) is 0.886. The summed E-state index contributed by atoms with van der Waals surface area (Å²) in [7, 11) is 0. The number of rotatable bonds is 3. The first-order chi connectivity index (χ1) is 8.94. The molecule has 2 N–H and O–H groups in total. The molecule has 6 heteroatoms. The third-order valence-electron chi connectivity index (χ3n) is 2.15. The van der Waals surface area contributed by atoms with Crippen molar-refractivity contribution in [2.24, 2.45) is 0 Å². The number of amides is 1. The van der Waals surface area contributed by atoms with Crippen LogP contribution in [-0.4, -0.2) is 21.6 Å². The molecule has 2 heterocycles. The molecule has 0 aromatic carbocycles. The van der Waals surface area contributed by atoms with Gasteiger partial charge in [0, 0.05) is 5.54 Å². The van der Waals surface area contributed by atoms with E-state index in [1.54, 1.807) is 24.3 Å². The van der Waals surface area contributed by atoms with E-state index in [0.29, 0.717) is 11.6 Å². The minimum Gasteiger partial charge on any atom is -0.459 e. The van der Waals surface area contributed by atoms with Gasteiger partial charge >= 0.3 is 0 Å². The standard InChI is InChI=1S/C13H16N4O2/c1-13(2,3)15-11-7-6-10(16-17-11)14-12(18)9-5-4-8-19-9/h4-8H,1-3H3,(H,15,17)(H,14,16,18). The van der Waals surface area contributed by atoms with Crippen LogP contribution < -0.4 is 10.6 Å². The van der Waals surface area contributed by atoms with Crippen LogP contribution in [-0.2, 0) is 0 Å². The van der Waals surface area contributed by atoms with Gasteiger partial charge in [0.25, 0.3) is 5.91 Å². The summed E-state index contributed by atoms with van der Waals surface area (Å²) in [4.78, 5) is 11.7. The van der Waals surface area contributed by atoms with E-state index in [4.69, 9.17) is 4.42 Å². The fraction of sp³-hybridized carbons (Fsp3) is 0.308. The van der Waals surface area contributed by atoms with Crippen LogP contribution >= 0.6 is 0 Å². The van der Waals surface area contributed by atoms with Crippen molar-refractivity contribution in [1.82, 2.24) is 10.2 Å². The maximum atomic E-state index is 11.7. The van der Waals surface area contributed by atoms with E-state index < -0.39 is 0 Å². The molecule has 6 nitrogen and oxygen atoms in total. The van der Waals surface area contributed by atoms with E-state index in [2.05, 4.69) is 20.8 Å². The molecule has 0 aliphatic carbocycles. The Kier molecular flexibility index (Phi) is 3.50. The van der Waals surface area contributed by atoms with Gasteiger partial charge in [-0.25, -0.2) is 0 Å². The molecule has 0 bridgehead atoms. The first-order valence-corrected chi connectivity index (χ1v) is 5.91. The number of carbonyl (C=O) groups excluding carboxylic acids is 1. The van der Waals surface area contributed by atoms with Crippen LogP contribution in [0.15, 0.2) is 34.9 Å². The Labute approximate surface area is 111 Å². The molecule has 2 aromatic rings. The molecule has 2 rings (SSSR count). The molecule has 0 saturated carbocycles. The molecule has 0 radical (unpaired) electrons. The number of nitrogens with one attached hydrogen (secondary N) is 2. The predicted octanol–water partition coefficient (Wildman–Crippen LogP) is 2.53. The van der Waals surface area contributed by atoms with Crippen molar-refractivity contribution in [3.63, 3.8) is 0 Å². The maximum absolute atomic E-state index is 11.7. The molecule has 0 aliphatic heterocycles. The molecule has 0 spiro atoms. The first-order valence-electron chi connectivity index (χ1n) is 5.91. The Morgan fingerprint density at radius 2 is 1.84 bits per heavy atom. The summed E-state index contributed by atoms with van der Waals surface area (Å²) in [6.07, 6.45) is 1.44. The molecule has 100 valence electrons. The highest BCUT2D eigenvalue weighted by molar-refractivity contribution is 6.01. The third-order valence-corrected chi connectivity index (χ3v) is 2.15. The second kappa shape index (κ2) is 5.09. The SMILES string of the molecule is CC(C)(C)Nc1ccc(NC(=O)c2ccco2)nn1. The molecule has 2 aromatic heterocycles. The summed E-state index contributed by atoms with van der Waals surface area (Å²) in [6, 6.07) is 6.67. The molecule has 0 saturated heterocycles. The fourth-order valence-electron chi connectivity index (χ4n) is 1.44. The van der Waals surface area contributed by atoms with Gasteiger partial charge in [0.1, 0.15) is 5.82 Å². The maximum Gasteiger partial charge on any atom is 0.292 e. The molecule has 1 amide bonds. The molecule has 0 unspecified atom stereocenters. The van der Waals surface area contributed by atoms with Gasteiger partial charge < -0.3 is 15.1 Å². The molecular formula is C13H16N4O2. The number of hydrogen-bond acceptors (Lipinski definition) is 5. The van der Waals surface area contributed by atoms with E-state index >= 15 is 0 Å². The van der Waals surface area contributed by atoms with Crippen LogP contribution in [0.2, 0.25) is 0 Å². The number of aromatic nitrogens is 2. The van der Waals surface area contributed by atoms with Gasteiger partial charge in [-0.1, -0.05) is 0 Å². The zero-order valence-corrected chi connectivity index (χ0v) is 11.1. The van der Waals surface area contributed by atoms with Crippen LogP contribution in [0, 0.1) is 0 Å². The van der Waals surface area contributed by atoms with E-state index in [1.807, 2.05) is 20.8 Å². The number of nitrogens with zero attached hydrogens (tertiary/aromatic N) is 2. The summed E-state index contributed by atoms with van der Waals surface area (Å²) in [6.45, 7) is 6.09. The largest absolute Gasteiger partial charge is 0.459 e. The summed E-state index contributed by atoms with van der Waals surface area (Å²) >= 11 is 0. The Morgan fingerprint density at radius 1 is 1.16 bits per heavy atom. The fourth-order valence-corrected chi connectivity index (χ4v) is 1.44. The van der Waals surface area contributed by atoms with Crippen LogP contribution in [0.3, 0.4) is 0 Å². The van der Waals surface area contributed by atoms with Crippen molar-refractivity contribution >= 4 is 17.5 Å². The van der Waals surface area contributed by atoms with E-state index in [-0.39, 0.29) is 17.2 Å². The van der Waals surface area contributed by atoms with Gasteiger partial charge in [-0.3, -0.25) is 4.79 Å². The summed E-state index contributed by atoms with van der Waals surface area (Å²) < 4.78 is 4.98. The van der Waals surface area contributed by atoms with Crippen molar-refractivity contribution in [3.05, 3.63) is 36.3 Å². The Bertz CT molecular complexity index is 541. The number of furan rings is 1. The normalized spacial score (nSPS) is 11.1. The van der Waals surface area contributed by atoms with Crippen molar-refractivity contribution in [2.45, 2.75) is 26.3 Å². The van der Waals surface area contributed by atoms with Crippen molar-refractivity contribution in [1.29, 1.82) is 0 Å². The Hall–Kier alpha value is -2.37. The predicted molar refractivity (Wildman–Crippen MR) is 72.1 cm³/mol. The van der Waals surface area contributed by atoms with Gasteiger partial charge in [0.05, 0.1) is 6.26 Å². The van der Waals surface area contributed by atoms with Gasteiger partial charge in [0.2, 0.25) is 0 Å². The average Bonchev–Trinajstić information content (AvgIpc) is 2.83. The zero-order chi connectivity index (χ0) is 13.9. The first kappa shape index (κ1) is 13.1. The average molecular weight is 260 g/mol. The molecule has 19 heavy (non-hydrogen) atoms. The topological polar surface area (TPSA) is 80.0 Å². The van der Waals surface area contributed by atoms with E-state index in [0.717, 1.165) is 0 Å². The van der Waals surface area contributed by atoms with Crippen LogP contribution in [0.5, 0.6) is 0 Å². The highest BCUT2D eigenvalue weighted by Crippen LogP contribution is 2.13. The lowest BCUT2D eigenvalue weighted by atomic mass is 10.1. The molecule has 0 fully saturated rings. The highest BCUT2D eigenvalue weighted by Gasteiger charge is 2.12. The zero-order valence-electron chi connectivity index (χ0n) is 11.1. The monoisotopic (exact) mass is 260 g/mol. The van der Waals surface area contributed by atoms with Crippen LogP contribution in [0.4, 0.5) is 11.6 Å². The van der Waals surface area contributed by atoms with Crippen molar-refractivity contribution < 1.29 is 9.21 Å². The van der Waals surface area contributed by atoms with Gasteiger partial charge in [-0.2, -0.15) is 0 Å². The van der Waals surface area contributed by atoms with Crippen LogP contribution in [0.25, 0.3) is 0 Å². The van der Waals surface area contributed by atoms with Crippen LogP contribution in [0.1, 0.15) is 31.3 Å². The minimum atomic E-state index is -0.351. The van der Waals surface area contributed by atoms with E-state index in [9.17, 15) is 4.79 Å². The van der Waals surface area contributed by atoms with Crippen molar-refractivity contribution in [3.8, 4) is 0 Å². The van der Waals surface area contributed by atoms with E-state index in [1.165, 1.54) is 6.26 Å². The summed E-state index contributed by atoms with van der Waals surface area (Å²) in [5, 5.41) is 13.7. The molecule has 0 aliphatic rings. The summed E-state index contributed by atoms with van der Waals surface area (Å²) in [5.74, 6) is 0.916. The lowest BCUT2D eigenvalue weighted by Gasteiger charge is -2.20. The van der Waals surface area contributed by atoms with Gasteiger partial charge in [-0.15, -0.1) is 10.2 Å². The number of anilines is 2. The number of carbonyl (C=O) groups is 1. The number of hydrogen-bond donors (Lipinski definition) is 2. The second-order valence-electron chi connectivity index (χ2n) is 5.11. The molecule has 0 atom stereocenters. The molecular weight excluding hydrogens is 244 g/mol. The Balaban J connectivity index is 2.01. The minimum absolute atomic E-state index is 0.0897. The Morgan fingerprint density at radius 3 is 2.37 bits per heavy atom. The summed E-state index contributed by atoms with van der Waals surface area (Å²) in [5.41, 5.74) is -0.0897. The highest BCUT2D eigenvalue weighted by atomic mass is 16.3. The third kappa shape index (κ3) is 3.80. The van der Waals surface area contributed by atoms with Crippen molar-refractivity contribution in [2.75, 3.05) is 10.6 Å².